The third-order valence-electron chi connectivity index (χ3n) is 4.23. The molecular weight excluding hydrogens is 403 g/mol. The molecule has 28 heavy (non-hydrogen) atoms. The molecule has 0 radical (unpaired) electrons. The van der Waals surface area contributed by atoms with Crippen molar-refractivity contribution in [3.8, 4) is 11.5 Å². The second-order valence-electron chi connectivity index (χ2n) is 6.24. The molecule has 2 aromatic rings. The summed E-state index contributed by atoms with van der Waals surface area (Å²) in [6, 6.07) is 10.2. The van der Waals surface area contributed by atoms with Crippen LogP contribution in [0, 0.1) is 0 Å². The van der Waals surface area contributed by atoms with Crippen LogP contribution in [0.2, 0.25) is 10.0 Å². The summed E-state index contributed by atoms with van der Waals surface area (Å²) in [5, 5.41) is 3.61. The van der Waals surface area contributed by atoms with Gasteiger partial charge in [-0.3, -0.25) is 9.59 Å². The van der Waals surface area contributed by atoms with Gasteiger partial charge in [0.25, 0.3) is 0 Å². The average molecular weight is 423 g/mol. The topological polar surface area (TPSA) is 67.9 Å². The summed E-state index contributed by atoms with van der Waals surface area (Å²) in [6.45, 7) is 3.16. The molecular formula is C20H20Cl2N2O4. The normalized spacial score (nSPS) is 12.4. The standard InChI is InChI=1S/C20H20Cl2N2O4/c1-2-24(20(26)10-13-3-5-15(21)16(22)9-13)12-19(25)23-14-4-6-17-18(11-14)28-8-7-27-17/h3-6,9,11H,2,7-8,10,12H2,1H3,(H,23,25). The third kappa shape index (κ3) is 5.09. The lowest BCUT2D eigenvalue weighted by Gasteiger charge is -2.21. The zero-order chi connectivity index (χ0) is 20.1. The molecule has 0 aromatic heterocycles. The highest BCUT2D eigenvalue weighted by Crippen LogP contribution is 2.32. The number of halogens is 2. The first kappa shape index (κ1) is 20.3. The molecule has 1 heterocycles. The predicted octanol–water partition coefficient (Wildman–Crippen LogP) is 3.79. The van der Waals surface area contributed by atoms with Gasteiger partial charge in [0.2, 0.25) is 11.8 Å². The van der Waals surface area contributed by atoms with E-state index in [-0.39, 0.29) is 24.8 Å². The lowest BCUT2D eigenvalue weighted by Crippen LogP contribution is -2.38. The van der Waals surface area contributed by atoms with Crippen LogP contribution in [-0.2, 0) is 16.0 Å². The van der Waals surface area contributed by atoms with Crippen LogP contribution in [-0.4, -0.2) is 43.0 Å². The molecule has 0 bridgehead atoms. The lowest BCUT2D eigenvalue weighted by molar-refractivity contribution is -0.133. The summed E-state index contributed by atoms with van der Waals surface area (Å²) >= 11 is 11.9. The van der Waals surface area contributed by atoms with Crippen molar-refractivity contribution in [3.05, 3.63) is 52.0 Å². The highest BCUT2D eigenvalue weighted by molar-refractivity contribution is 6.42. The number of hydrogen-bond acceptors (Lipinski definition) is 4. The number of carbonyl (C=O) groups is 2. The molecule has 1 aliphatic heterocycles. The minimum atomic E-state index is -0.291. The fourth-order valence-corrected chi connectivity index (χ4v) is 3.13. The Morgan fingerprint density at radius 1 is 1.04 bits per heavy atom. The van der Waals surface area contributed by atoms with E-state index in [4.69, 9.17) is 32.7 Å². The van der Waals surface area contributed by atoms with Gasteiger partial charge in [0.05, 0.1) is 23.0 Å². The molecule has 8 heteroatoms. The van der Waals surface area contributed by atoms with Gasteiger partial charge in [0.15, 0.2) is 11.5 Å². The van der Waals surface area contributed by atoms with E-state index in [0.29, 0.717) is 47.0 Å². The summed E-state index contributed by atoms with van der Waals surface area (Å²) in [4.78, 5) is 26.4. The summed E-state index contributed by atoms with van der Waals surface area (Å²) in [7, 11) is 0. The number of nitrogens with one attached hydrogen (secondary N) is 1. The van der Waals surface area contributed by atoms with E-state index in [1.807, 2.05) is 6.92 Å². The van der Waals surface area contributed by atoms with Gasteiger partial charge in [-0.15, -0.1) is 0 Å². The zero-order valence-corrected chi connectivity index (χ0v) is 16.8. The van der Waals surface area contributed by atoms with Crippen molar-refractivity contribution in [1.29, 1.82) is 0 Å². The molecule has 3 rings (SSSR count). The maximum atomic E-state index is 12.6. The zero-order valence-electron chi connectivity index (χ0n) is 15.3. The van der Waals surface area contributed by atoms with E-state index in [1.54, 1.807) is 36.4 Å². The molecule has 2 amide bonds. The quantitative estimate of drug-likeness (QED) is 0.768. The molecule has 0 unspecified atom stereocenters. The fraction of sp³-hybridized carbons (Fsp3) is 0.300. The number of amides is 2. The first-order valence-corrected chi connectivity index (χ1v) is 9.63. The summed E-state index contributed by atoms with van der Waals surface area (Å²) in [5.74, 6) is 0.780. The molecule has 148 valence electrons. The number of anilines is 1. The van der Waals surface area contributed by atoms with Crippen molar-refractivity contribution >= 4 is 40.7 Å². The number of likely N-dealkylation sites (N-methyl/N-ethyl adjacent to an activating group) is 1. The number of benzene rings is 2. The smallest absolute Gasteiger partial charge is 0.243 e. The van der Waals surface area contributed by atoms with Crippen molar-refractivity contribution in [2.24, 2.45) is 0 Å². The Bertz CT molecular complexity index is 889. The number of fused-ring (bicyclic) bond motifs is 1. The van der Waals surface area contributed by atoms with E-state index < -0.39 is 0 Å². The lowest BCUT2D eigenvalue weighted by atomic mass is 10.1. The van der Waals surface area contributed by atoms with Crippen molar-refractivity contribution in [1.82, 2.24) is 4.90 Å². The van der Waals surface area contributed by atoms with E-state index in [0.717, 1.165) is 5.56 Å². The maximum absolute atomic E-state index is 12.6. The molecule has 0 aliphatic carbocycles. The van der Waals surface area contributed by atoms with E-state index in [1.165, 1.54) is 4.90 Å². The van der Waals surface area contributed by atoms with Crippen molar-refractivity contribution < 1.29 is 19.1 Å². The first-order valence-electron chi connectivity index (χ1n) is 8.87. The summed E-state index contributed by atoms with van der Waals surface area (Å²) < 4.78 is 11.0. The Balaban J connectivity index is 1.59. The SMILES string of the molecule is CCN(CC(=O)Nc1ccc2c(c1)OCCO2)C(=O)Cc1ccc(Cl)c(Cl)c1. The minimum Gasteiger partial charge on any atom is -0.486 e. The molecule has 6 nitrogen and oxygen atoms in total. The van der Waals surface area contributed by atoms with Crippen LogP contribution in [0.1, 0.15) is 12.5 Å². The van der Waals surface area contributed by atoms with Crippen LogP contribution < -0.4 is 14.8 Å². The number of ether oxygens (including phenoxy) is 2. The highest BCUT2D eigenvalue weighted by Gasteiger charge is 2.18. The largest absolute Gasteiger partial charge is 0.486 e. The van der Waals surface area contributed by atoms with Gasteiger partial charge in [-0.25, -0.2) is 0 Å². The van der Waals surface area contributed by atoms with Crippen LogP contribution >= 0.6 is 23.2 Å². The maximum Gasteiger partial charge on any atom is 0.243 e. The average Bonchev–Trinajstić information content (AvgIpc) is 2.68. The van der Waals surface area contributed by atoms with Gasteiger partial charge in [-0.2, -0.15) is 0 Å². The summed E-state index contributed by atoms with van der Waals surface area (Å²) in [5.41, 5.74) is 1.33. The molecule has 0 saturated carbocycles. The number of rotatable bonds is 6. The van der Waals surface area contributed by atoms with Gasteiger partial charge in [0.1, 0.15) is 13.2 Å². The Hall–Kier alpha value is -2.44. The molecule has 2 aromatic carbocycles. The molecule has 0 spiro atoms. The second kappa shape index (κ2) is 9.17. The van der Waals surface area contributed by atoms with Gasteiger partial charge >= 0.3 is 0 Å². The number of carbonyl (C=O) groups excluding carboxylic acids is 2. The van der Waals surface area contributed by atoms with Gasteiger partial charge in [-0.05, 0) is 36.8 Å². The van der Waals surface area contributed by atoms with Crippen LogP contribution in [0.3, 0.4) is 0 Å². The minimum absolute atomic E-state index is 0.0505. The van der Waals surface area contributed by atoms with Gasteiger partial charge in [0, 0.05) is 18.3 Å². The Morgan fingerprint density at radius 3 is 2.50 bits per heavy atom. The Morgan fingerprint density at radius 2 is 1.79 bits per heavy atom. The molecule has 0 fully saturated rings. The fourth-order valence-electron chi connectivity index (χ4n) is 2.81. The van der Waals surface area contributed by atoms with Gasteiger partial charge < -0.3 is 19.7 Å². The number of hydrogen-bond donors (Lipinski definition) is 1. The summed E-state index contributed by atoms with van der Waals surface area (Å²) in [6.07, 6.45) is 0.141. The van der Waals surface area contributed by atoms with E-state index in [2.05, 4.69) is 5.32 Å². The van der Waals surface area contributed by atoms with Crippen molar-refractivity contribution in [2.45, 2.75) is 13.3 Å². The molecule has 0 atom stereocenters. The van der Waals surface area contributed by atoms with Crippen LogP contribution in [0.15, 0.2) is 36.4 Å². The van der Waals surface area contributed by atoms with E-state index >= 15 is 0 Å². The Labute approximate surface area is 173 Å². The molecule has 0 saturated heterocycles. The highest BCUT2D eigenvalue weighted by atomic mass is 35.5. The molecule has 1 aliphatic rings. The van der Waals surface area contributed by atoms with Crippen molar-refractivity contribution in [2.75, 3.05) is 31.6 Å². The monoisotopic (exact) mass is 422 g/mol. The van der Waals surface area contributed by atoms with Crippen LogP contribution in [0.25, 0.3) is 0 Å². The first-order chi connectivity index (χ1) is 13.5. The van der Waals surface area contributed by atoms with E-state index in [9.17, 15) is 9.59 Å². The van der Waals surface area contributed by atoms with Crippen LogP contribution in [0.5, 0.6) is 11.5 Å². The molecule has 1 N–H and O–H groups in total. The Kier molecular flexibility index (Phi) is 6.65. The van der Waals surface area contributed by atoms with Gasteiger partial charge in [-0.1, -0.05) is 29.3 Å². The third-order valence-corrected chi connectivity index (χ3v) is 4.97. The van der Waals surface area contributed by atoms with Crippen molar-refractivity contribution in [3.63, 3.8) is 0 Å². The predicted molar refractivity (Wildman–Crippen MR) is 108 cm³/mol. The number of nitrogens with zero attached hydrogens (tertiary/aromatic N) is 1. The second-order valence-corrected chi connectivity index (χ2v) is 7.05. The van der Waals surface area contributed by atoms with Crippen LogP contribution in [0.4, 0.5) is 5.69 Å².